The third kappa shape index (κ3) is 11.7. The van der Waals surface area contributed by atoms with E-state index in [1.165, 1.54) is 32.1 Å². The molecule has 0 saturated heterocycles. The van der Waals surface area contributed by atoms with E-state index in [2.05, 4.69) is 12.2 Å². The molecule has 0 rings (SSSR count). The van der Waals surface area contributed by atoms with Crippen LogP contribution in [0.1, 0.15) is 65.2 Å². The Hall–Kier alpha value is -0.570. The van der Waals surface area contributed by atoms with Crippen molar-refractivity contribution in [3.63, 3.8) is 0 Å². The molecular formula is C14H29NO2. The molecule has 17 heavy (non-hydrogen) atoms. The van der Waals surface area contributed by atoms with Crippen molar-refractivity contribution in [1.29, 1.82) is 0 Å². The number of unbranched alkanes of at least 4 members (excludes halogenated alkanes) is 6. The van der Waals surface area contributed by atoms with E-state index in [0.29, 0.717) is 13.0 Å². The molecule has 0 aliphatic carbocycles. The molecule has 1 unspecified atom stereocenters. The van der Waals surface area contributed by atoms with Crippen LogP contribution in [-0.2, 0) is 4.79 Å². The summed E-state index contributed by atoms with van der Waals surface area (Å²) in [6.45, 7) is 4.87. The lowest BCUT2D eigenvalue weighted by Crippen LogP contribution is -2.29. The van der Waals surface area contributed by atoms with Gasteiger partial charge in [-0.3, -0.25) is 4.79 Å². The van der Waals surface area contributed by atoms with Crippen molar-refractivity contribution >= 4 is 5.91 Å². The van der Waals surface area contributed by atoms with Gasteiger partial charge in [0.05, 0.1) is 0 Å². The second-order valence-corrected chi connectivity index (χ2v) is 4.96. The van der Waals surface area contributed by atoms with Crippen molar-refractivity contribution < 1.29 is 9.90 Å². The van der Waals surface area contributed by atoms with E-state index in [4.69, 9.17) is 5.11 Å². The lowest BCUT2D eigenvalue weighted by molar-refractivity contribution is -0.121. The monoisotopic (exact) mass is 243 g/mol. The minimum Gasteiger partial charge on any atom is -0.396 e. The maximum Gasteiger partial charge on any atom is 0.220 e. The molecular weight excluding hydrogens is 214 g/mol. The molecule has 0 aromatic carbocycles. The maximum atomic E-state index is 11.4. The van der Waals surface area contributed by atoms with Gasteiger partial charge in [-0.25, -0.2) is 0 Å². The van der Waals surface area contributed by atoms with Crippen molar-refractivity contribution in [3.05, 3.63) is 0 Å². The van der Waals surface area contributed by atoms with Gasteiger partial charge in [-0.05, 0) is 12.3 Å². The quantitative estimate of drug-likeness (QED) is 0.548. The van der Waals surface area contributed by atoms with E-state index < -0.39 is 0 Å². The number of aliphatic hydroxyl groups is 1. The second kappa shape index (κ2) is 11.9. The van der Waals surface area contributed by atoms with Crippen LogP contribution in [0.2, 0.25) is 0 Å². The van der Waals surface area contributed by atoms with Crippen LogP contribution in [-0.4, -0.2) is 24.2 Å². The van der Waals surface area contributed by atoms with Gasteiger partial charge in [0.1, 0.15) is 0 Å². The van der Waals surface area contributed by atoms with Crippen molar-refractivity contribution in [2.75, 3.05) is 13.2 Å². The number of nitrogens with one attached hydrogen (secondary N) is 1. The van der Waals surface area contributed by atoms with Gasteiger partial charge in [-0.1, -0.05) is 52.4 Å². The third-order valence-electron chi connectivity index (χ3n) is 2.97. The molecule has 0 heterocycles. The number of amides is 1. The highest BCUT2D eigenvalue weighted by atomic mass is 16.3. The lowest BCUT2D eigenvalue weighted by Gasteiger charge is -2.09. The van der Waals surface area contributed by atoms with E-state index in [-0.39, 0.29) is 18.4 Å². The Morgan fingerprint density at radius 3 is 2.29 bits per heavy atom. The Balaban J connectivity index is 3.22. The van der Waals surface area contributed by atoms with Crippen molar-refractivity contribution in [2.24, 2.45) is 5.92 Å². The summed E-state index contributed by atoms with van der Waals surface area (Å²) in [5, 5.41) is 11.7. The van der Waals surface area contributed by atoms with Crippen LogP contribution >= 0.6 is 0 Å². The summed E-state index contributed by atoms with van der Waals surface area (Å²) in [7, 11) is 0. The fourth-order valence-corrected chi connectivity index (χ4v) is 1.68. The summed E-state index contributed by atoms with van der Waals surface area (Å²) in [6.07, 6.45) is 9.28. The molecule has 0 aromatic heterocycles. The highest BCUT2D eigenvalue weighted by Crippen LogP contribution is 2.08. The number of carbonyl (C=O) groups excluding carboxylic acids is 1. The minimum absolute atomic E-state index is 0.124. The fourth-order valence-electron chi connectivity index (χ4n) is 1.68. The van der Waals surface area contributed by atoms with Crippen LogP contribution in [0.15, 0.2) is 0 Å². The molecule has 2 N–H and O–H groups in total. The zero-order chi connectivity index (χ0) is 12.9. The molecule has 0 saturated carbocycles. The van der Waals surface area contributed by atoms with Gasteiger partial charge in [0, 0.05) is 19.6 Å². The van der Waals surface area contributed by atoms with E-state index >= 15 is 0 Å². The summed E-state index contributed by atoms with van der Waals surface area (Å²) in [5.41, 5.74) is 0. The first kappa shape index (κ1) is 16.4. The van der Waals surface area contributed by atoms with Crippen LogP contribution in [0, 0.1) is 5.92 Å². The van der Waals surface area contributed by atoms with Crippen LogP contribution in [0.3, 0.4) is 0 Å². The number of aliphatic hydroxyl groups excluding tert-OH is 1. The van der Waals surface area contributed by atoms with Gasteiger partial charge in [-0.15, -0.1) is 0 Å². The van der Waals surface area contributed by atoms with Crippen LogP contribution in [0.25, 0.3) is 0 Å². The highest BCUT2D eigenvalue weighted by molar-refractivity contribution is 5.75. The van der Waals surface area contributed by atoms with Crippen molar-refractivity contribution in [2.45, 2.75) is 65.2 Å². The predicted octanol–water partition coefficient (Wildman–Crippen LogP) is 2.87. The molecule has 0 aromatic rings. The van der Waals surface area contributed by atoms with Crippen LogP contribution in [0.4, 0.5) is 0 Å². The second-order valence-electron chi connectivity index (χ2n) is 4.96. The predicted molar refractivity (Wildman–Crippen MR) is 71.9 cm³/mol. The van der Waals surface area contributed by atoms with Crippen LogP contribution in [0.5, 0.6) is 0 Å². The van der Waals surface area contributed by atoms with Gasteiger partial charge in [0.2, 0.25) is 5.91 Å². The van der Waals surface area contributed by atoms with E-state index in [1.54, 1.807) is 0 Å². The largest absolute Gasteiger partial charge is 0.396 e. The number of hydrogen-bond acceptors (Lipinski definition) is 2. The number of rotatable bonds is 11. The summed E-state index contributed by atoms with van der Waals surface area (Å²) in [4.78, 5) is 11.4. The highest BCUT2D eigenvalue weighted by Gasteiger charge is 2.03. The average molecular weight is 243 g/mol. The Morgan fingerprint density at radius 1 is 1.12 bits per heavy atom. The topological polar surface area (TPSA) is 49.3 Å². The van der Waals surface area contributed by atoms with Crippen LogP contribution < -0.4 is 5.32 Å². The molecule has 0 radical (unpaired) electrons. The Kier molecular flexibility index (Phi) is 11.5. The minimum atomic E-state index is 0.124. The first-order valence-electron chi connectivity index (χ1n) is 7.08. The van der Waals surface area contributed by atoms with Gasteiger partial charge in [0.15, 0.2) is 0 Å². The van der Waals surface area contributed by atoms with Gasteiger partial charge >= 0.3 is 0 Å². The van der Waals surface area contributed by atoms with E-state index in [1.807, 2.05) is 6.92 Å². The molecule has 1 atom stereocenters. The standard InChI is InChI=1S/C14H29NO2/c1-3-4-5-6-7-8-9-10-14(17)15-11-13(2)12-16/h13,16H,3-12H2,1-2H3,(H,15,17). The summed E-state index contributed by atoms with van der Waals surface area (Å²) < 4.78 is 0. The van der Waals surface area contributed by atoms with Gasteiger partial charge < -0.3 is 10.4 Å². The Bertz CT molecular complexity index is 183. The van der Waals surface area contributed by atoms with E-state index in [9.17, 15) is 4.79 Å². The summed E-state index contributed by atoms with van der Waals surface area (Å²) in [6, 6.07) is 0. The molecule has 3 heteroatoms. The van der Waals surface area contributed by atoms with E-state index in [0.717, 1.165) is 12.8 Å². The molecule has 0 aliphatic rings. The van der Waals surface area contributed by atoms with Gasteiger partial charge in [-0.2, -0.15) is 0 Å². The molecule has 0 fully saturated rings. The maximum absolute atomic E-state index is 11.4. The fraction of sp³-hybridized carbons (Fsp3) is 0.929. The van der Waals surface area contributed by atoms with Crippen molar-refractivity contribution in [1.82, 2.24) is 5.32 Å². The average Bonchev–Trinajstić information content (AvgIpc) is 2.34. The lowest BCUT2D eigenvalue weighted by atomic mass is 10.1. The summed E-state index contributed by atoms with van der Waals surface area (Å²) in [5.74, 6) is 0.284. The van der Waals surface area contributed by atoms with Gasteiger partial charge in [0.25, 0.3) is 0 Å². The molecule has 0 aliphatic heterocycles. The normalized spacial score (nSPS) is 12.4. The first-order chi connectivity index (χ1) is 8.20. The zero-order valence-electron chi connectivity index (χ0n) is 11.5. The number of hydrogen-bond donors (Lipinski definition) is 2. The Labute approximate surface area is 106 Å². The third-order valence-corrected chi connectivity index (χ3v) is 2.97. The molecule has 3 nitrogen and oxygen atoms in total. The van der Waals surface area contributed by atoms with Crippen molar-refractivity contribution in [3.8, 4) is 0 Å². The summed E-state index contributed by atoms with van der Waals surface area (Å²) >= 11 is 0. The molecule has 0 bridgehead atoms. The number of carbonyl (C=O) groups is 1. The first-order valence-corrected chi connectivity index (χ1v) is 7.08. The Morgan fingerprint density at radius 2 is 1.71 bits per heavy atom. The molecule has 0 spiro atoms. The zero-order valence-corrected chi connectivity index (χ0v) is 11.5. The molecule has 102 valence electrons. The smallest absolute Gasteiger partial charge is 0.220 e. The SMILES string of the molecule is CCCCCCCCCC(=O)NCC(C)CO. The molecule has 1 amide bonds.